The maximum atomic E-state index is 14.0. The summed E-state index contributed by atoms with van der Waals surface area (Å²) in [5.41, 5.74) is 1.49. The minimum atomic E-state index is -3.83. The standard InChI is InChI=1S/C19H15F4N3O2S/c1-2-29-15-5-10(9-3-4-9)8-24-16(15)17-25-11-6-13-14(28-19(22,23)27-13)7-12(11)26(17)18(20)21/h5-9,18H,2-4H2,1H3. The lowest BCUT2D eigenvalue weighted by molar-refractivity contribution is -0.286. The molecule has 1 aliphatic heterocycles. The van der Waals surface area contributed by atoms with E-state index in [4.69, 9.17) is 0 Å². The van der Waals surface area contributed by atoms with E-state index >= 15 is 0 Å². The van der Waals surface area contributed by atoms with Gasteiger partial charge in [-0.05, 0) is 36.1 Å². The van der Waals surface area contributed by atoms with Crippen LogP contribution in [0.1, 0.15) is 37.8 Å². The number of thioether (sulfide) groups is 1. The van der Waals surface area contributed by atoms with E-state index in [0.29, 0.717) is 16.2 Å². The molecular formula is C19H15F4N3O2S. The highest BCUT2D eigenvalue weighted by atomic mass is 32.2. The molecule has 0 N–H and O–H groups in total. The first-order chi connectivity index (χ1) is 13.9. The van der Waals surface area contributed by atoms with Crippen molar-refractivity contribution < 1.29 is 27.0 Å². The quantitative estimate of drug-likeness (QED) is 0.382. The number of ether oxygens (including phenoxy) is 2. The highest BCUT2D eigenvalue weighted by Crippen LogP contribution is 2.46. The minimum absolute atomic E-state index is 0.0243. The molecule has 1 aromatic carbocycles. The van der Waals surface area contributed by atoms with Crippen LogP contribution in [0.25, 0.3) is 22.6 Å². The molecule has 0 atom stereocenters. The van der Waals surface area contributed by atoms with E-state index in [1.54, 1.807) is 6.20 Å². The third kappa shape index (κ3) is 3.19. The van der Waals surface area contributed by atoms with Crippen LogP contribution in [0, 0.1) is 0 Å². The van der Waals surface area contributed by atoms with Crippen LogP contribution in [-0.2, 0) is 0 Å². The number of hydrogen-bond donors (Lipinski definition) is 0. The normalized spacial score (nSPS) is 17.4. The first-order valence-electron chi connectivity index (χ1n) is 9.09. The van der Waals surface area contributed by atoms with Gasteiger partial charge in [-0.15, -0.1) is 20.5 Å². The van der Waals surface area contributed by atoms with Gasteiger partial charge in [0.15, 0.2) is 17.3 Å². The average molecular weight is 425 g/mol. The van der Waals surface area contributed by atoms with Crippen molar-refractivity contribution in [2.45, 2.75) is 43.4 Å². The van der Waals surface area contributed by atoms with E-state index in [2.05, 4.69) is 19.4 Å². The monoisotopic (exact) mass is 425 g/mol. The second-order valence-electron chi connectivity index (χ2n) is 6.86. The number of nitrogens with zero attached hydrogens (tertiary/aromatic N) is 3. The van der Waals surface area contributed by atoms with Gasteiger partial charge in [0.1, 0.15) is 5.69 Å². The highest BCUT2D eigenvalue weighted by molar-refractivity contribution is 7.99. The lowest BCUT2D eigenvalue weighted by Crippen LogP contribution is -2.25. The van der Waals surface area contributed by atoms with E-state index in [9.17, 15) is 17.6 Å². The van der Waals surface area contributed by atoms with E-state index in [1.165, 1.54) is 17.8 Å². The lowest BCUT2D eigenvalue weighted by atomic mass is 10.2. The van der Waals surface area contributed by atoms with Gasteiger partial charge in [0.2, 0.25) is 0 Å². The number of imidazole rings is 1. The molecule has 3 heterocycles. The van der Waals surface area contributed by atoms with Crippen LogP contribution in [-0.4, -0.2) is 26.6 Å². The summed E-state index contributed by atoms with van der Waals surface area (Å²) in [5, 5.41) is 0. The predicted molar refractivity (Wildman–Crippen MR) is 98.8 cm³/mol. The number of hydrogen-bond acceptors (Lipinski definition) is 5. The molecule has 0 unspecified atom stereocenters. The average Bonchev–Trinajstić information content (AvgIpc) is 3.36. The maximum Gasteiger partial charge on any atom is 0.586 e. The Kier molecular flexibility index (Phi) is 4.16. The van der Waals surface area contributed by atoms with Gasteiger partial charge in [-0.3, -0.25) is 9.55 Å². The Morgan fingerprint density at radius 1 is 1.21 bits per heavy atom. The first-order valence-corrected chi connectivity index (χ1v) is 10.1. The van der Waals surface area contributed by atoms with Crippen LogP contribution < -0.4 is 9.47 Å². The molecule has 10 heteroatoms. The van der Waals surface area contributed by atoms with Crippen LogP contribution in [0.5, 0.6) is 11.5 Å². The molecule has 1 fully saturated rings. The Balaban J connectivity index is 1.68. The second kappa shape index (κ2) is 6.51. The van der Waals surface area contributed by atoms with Crippen molar-refractivity contribution in [3.8, 4) is 23.0 Å². The SMILES string of the molecule is CCSc1cc(C2CC2)cnc1-c1nc2cc3c(cc2n1C(F)F)OC(F)(F)O3. The first kappa shape index (κ1) is 18.5. The number of benzene rings is 1. The zero-order valence-corrected chi connectivity index (χ0v) is 16.0. The van der Waals surface area contributed by atoms with Gasteiger partial charge in [0.25, 0.3) is 0 Å². The van der Waals surface area contributed by atoms with Gasteiger partial charge in [0, 0.05) is 23.2 Å². The molecule has 0 spiro atoms. The molecule has 5 rings (SSSR count). The summed E-state index contributed by atoms with van der Waals surface area (Å²) < 4.78 is 64.1. The van der Waals surface area contributed by atoms with Crippen LogP contribution >= 0.6 is 11.8 Å². The van der Waals surface area contributed by atoms with E-state index in [1.807, 2.05) is 13.0 Å². The largest absolute Gasteiger partial charge is 0.586 e. The molecule has 1 aliphatic carbocycles. The van der Waals surface area contributed by atoms with Crippen LogP contribution in [0.4, 0.5) is 17.6 Å². The molecule has 2 aliphatic rings. The summed E-state index contributed by atoms with van der Waals surface area (Å²) in [7, 11) is 0. The zero-order valence-electron chi connectivity index (χ0n) is 15.2. The Labute approximate surface area is 167 Å². The molecule has 29 heavy (non-hydrogen) atoms. The van der Waals surface area contributed by atoms with Crippen LogP contribution in [0.2, 0.25) is 0 Å². The van der Waals surface area contributed by atoms with E-state index in [0.717, 1.165) is 35.1 Å². The smallest absolute Gasteiger partial charge is 0.395 e. The zero-order chi connectivity index (χ0) is 20.3. The fraction of sp³-hybridized carbons (Fsp3) is 0.368. The molecule has 1 saturated carbocycles. The van der Waals surface area contributed by atoms with E-state index < -0.39 is 12.8 Å². The van der Waals surface area contributed by atoms with Crippen LogP contribution in [0.3, 0.4) is 0 Å². The number of pyridine rings is 1. The summed E-state index contributed by atoms with van der Waals surface area (Å²) in [6.45, 7) is -0.978. The number of aromatic nitrogens is 3. The number of fused-ring (bicyclic) bond motifs is 2. The lowest BCUT2D eigenvalue weighted by Gasteiger charge is -2.12. The van der Waals surface area contributed by atoms with Gasteiger partial charge in [-0.25, -0.2) is 4.98 Å². The van der Waals surface area contributed by atoms with Crippen molar-refractivity contribution in [1.82, 2.24) is 14.5 Å². The Hall–Kier alpha value is -2.49. The number of halogens is 4. The molecule has 152 valence electrons. The van der Waals surface area contributed by atoms with Gasteiger partial charge in [0.05, 0.1) is 11.0 Å². The second-order valence-corrected chi connectivity index (χ2v) is 8.17. The van der Waals surface area contributed by atoms with Crippen molar-refractivity contribution >= 4 is 22.8 Å². The third-order valence-corrected chi connectivity index (χ3v) is 5.75. The topological polar surface area (TPSA) is 49.2 Å². The van der Waals surface area contributed by atoms with E-state index in [-0.39, 0.29) is 28.4 Å². The van der Waals surface area contributed by atoms with Crippen molar-refractivity contribution in [3.63, 3.8) is 0 Å². The molecular weight excluding hydrogens is 410 g/mol. The molecule has 0 radical (unpaired) electrons. The fourth-order valence-electron chi connectivity index (χ4n) is 3.44. The van der Waals surface area contributed by atoms with Crippen molar-refractivity contribution in [2.75, 3.05) is 5.75 Å². The molecule has 0 bridgehead atoms. The van der Waals surface area contributed by atoms with Crippen molar-refractivity contribution in [2.24, 2.45) is 0 Å². The highest BCUT2D eigenvalue weighted by Gasteiger charge is 2.44. The number of rotatable bonds is 5. The van der Waals surface area contributed by atoms with Crippen molar-refractivity contribution in [1.29, 1.82) is 0 Å². The van der Waals surface area contributed by atoms with Gasteiger partial charge in [-0.2, -0.15) is 8.78 Å². The summed E-state index contributed by atoms with van der Waals surface area (Å²) in [6, 6.07) is 4.26. The summed E-state index contributed by atoms with van der Waals surface area (Å²) >= 11 is 1.50. The van der Waals surface area contributed by atoms with Crippen LogP contribution in [0.15, 0.2) is 29.3 Å². The summed E-state index contributed by atoms with van der Waals surface area (Å²) in [6.07, 6.45) is 0.0748. The Morgan fingerprint density at radius 3 is 2.59 bits per heavy atom. The predicted octanol–water partition coefficient (Wildman–Crippen LogP) is 5.80. The molecule has 2 aromatic heterocycles. The summed E-state index contributed by atoms with van der Waals surface area (Å²) in [5.74, 6) is 0.636. The van der Waals surface area contributed by atoms with Crippen molar-refractivity contribution in [3.05, 3.63) is 30.0 Å². The Morgan fingerprint density at radius 2 is 1.93 bits per heavy atom. The molecule has 3 aromatic rings. The minimum Gasteiger partial charge on any atom is -0.395 e. The molecule has 0 amide bonds. The fourth-order valence-corrected chi connectivity index (χ4v) is 4.25. The molecule has 0 saturated heterocycles. The van der Waals surface area contributed by atoms with Gasteiger partial charge < -0.3 is 9.47 Å². The van der Waals surface area contributed by atoms with Gasteiger partial charge >= 0.3 is 12.8 Å². The summed E-state index contributed by atoms with van der Waals surface area (Å²) in [4.78, 5) is 9.50. The third-order valence-electron chi connectivity index (χ3n) is 4.84. The number of alkyl halides is 4. The van der Waals surface area contributed by atoms with Gasteiger partial charge in [-0.1, -0.05) is 6.92 Å². The Bertz CT molecular complexity index is 1110. The maximum absolute atomic E-state index is 14.0. The molecule has 5 nitrogen and oxygen atoms in total.